The summed E-state index contributed by atoms with van der Waals surface area (Å²) in [5.74, 6) is -0.496. The Morgan fingerprint density at radius 2 is 1.90 bits per heavy atom. The highest BCUT2D eigenvalue weighted by atomic mass is 16.6. The van der Waals surface area contributed by atoms with Crippen molar-refractivity contribution in [2.45, 2.75) is 6.92 Å². The van der Waals surface area contributed by atoms with Crippen LogP contribution in [0, 0.1) is 10.1 Å². The van der Waals surface area contributed by atoms with Crippen LogP contribution in [0.15, 0.2) is 69.9 Å². The minimum Gasteiger partial charge on any atom is -0.494 e. The summed E-state index contributed by atoms with van der Waals surface area (Å²) < 4.78 is 10.6. The standard InChI is InChI=1S/C22H16N2O6/c1-2-29-14-8-9-18(19(11-14)24(27)28)23-21(25)17-12-16-15-6-4-3-5-13(15)7-10-20(16)30-22(17)26/h3-12H,2H2,1H3,(H,23,25). The number of amides is 1. The Balaban J connectivity index is 1.77. The third-order valence-electron chi connectivity index (χ3n) is 4.61. The van der Waals surface area contributed by atoms with Crippen molar-refractivity contribution in [1.82, 2.24) is 0 Å². The van der Waals surface area contributed by atoms with Crippen LogP contribution in [0.2, 0.25) is 0 Å². The van der Waals surface area contributed by atoms with Gasteiger partial charge in [-0.25, -0.2) is 4.79 Å². The van der Waals surface area contributed by atoms with E-state index in [2.05, 4.69) is 5.32 Å². The lowest BCUT2D eigenvalue weighted by molar-refractivity contribution is -0.384. The van der Waals surface area contributed by atoms with Gasteiger partial charge in [-0.3, -0.25) is 14.9 Å². The average molecular weight is 404 g/mol. The molecule has 0 aliphatic rings. The number of anilines is 1. The zero-order valence-electron chi connectivity index (χ0n) is 15.9. The molecular formula is C22H16N2O6. The first-order valence-corrected chi connectivity index (χ1v) is 9.16. The molecule has 1 N–H and O–H groups in total. The van der Waals surface area contributed by atoms with Crippen LogP contribution in [0.5, 0.6) is 5.75 Å². The number of nitrogens with one attached hydrogen (secondary N) is 1. The Morgan fingerprint density at radius 1 is 1.10 bits per heavy atom. The normalized spacial score (nSPS) is 10.8. The molecule has 4 rings (SSSR count). The molecule has 30 heavy (non-hydrogen) atoms. The number of fused-ring (bicyclic) bond motifs is 3. The van der Waals surface area contributed by atoms with Gasteiger partial charge in [-0.1, -0.05) is 30.3 Å². The summed E-state index contributed by atoms with van der Waals surface area (Å²) in [6, 6.07) is 16.5. The van der Waals surface area contributed by atoms with Gasteiger partial charge in [0.2, 0.25) is 0 Å². The van der Waals surface area contributed by atoms with Crippen molar-refractivity contribution in [2.24, 2.45) is 0 Å². The molecule has 0 unspecified atom stereocenters. The van der Waals surface area contributed by atoms with Gasteiger partial charge >= 0.3 is 5.63 Å². The molecule has 0 bridgehead atoms. The van der Waals surface area contributed by atoms with Gasteiger partial charge in [-0.2, -0.15) is 0 Å². The molecule has 0 radical (unpaired) electrons. The van der Waals surface area contributed by atoms with Crippen LogP contribution in [0.1, 0.15) is 17.3 Å². The van der Waals surface area contributed by atoms with Gasteiger partial charge in [0.1, 0.15) is 22.6 Å². The first-order chi connectivity index (χ1) is 14.5. The van der Waals surface area contributed by atoms with E-state index in [9.17, 15) is 19.7 Å². The molecule has 0 fully saturated rings. The number of nitro groups is 1. The van der Waals surface area contributed by atoms with Gasteiger partial charge < -0.3 is 14.5 Å². The monoisotopic (exact) mass is 404 g/mol. The number of nitrogens with zero attached hydrogens (tertiary/aromatic N) is 1. The van der Waals surface area contributed by atoms with Gasteiger partial charge in [-0.15, -0.1) is 0 Å². The van der Waals surface area contributed by atoms with Crippen molar-refractivity contribution in [3.63, 3.8) is 0 Å². The Kier molecular flexibility index (Phi) is 4.89. The van der Waals surface area contributed by atoms with Crippen LogP contribution < -0.4 is 15.7 Å². The third kappa shape index (κ3) is 3.46. The van der Waals surface area contributed by atoms with Crippen molar-refractivity contribution in [3.8, 4) is 5.75 Å². The van der Waals surface area contributed by atoms with Crippen molar-refractivity contribution >= 4 is 39.0 Å². The summed E-state index contributed by atoms with van der Waals surface area (Å²) in [6.07, 6.45) is 0. The topological polar surface area (TPSA) is 112 Å². The van der Waals surface area contributed by atoms with E-state index in [1.165, 1.54) is 24.3 Å². The predicted octanol–water partition coefficient (Wildman–Crippen LogP) is 4.51. The van der Waals surface area contributed by atoms with E-state index in [-0.39, 0.29) is 16.9 Å². The second-order valence-electron chi connectivity index (χ2n) is 6.47. The number of rotatable bonds is 5. The molecule has 0 aliphatic carbocycles. The number of hydrogen-bond acceptors (Lipinski definition) is 6. The maximum absolute atomic E-state index is 12.8. The van der Waals surface area contributed by atoms with Gasteiger partial charge in [0.25, 0.3) is 11.6 Å². The summed E-state index contributed by atoms with van der Waals surface area (Å²) in [5, 5.41) is 16.2. The molecule has 8 nitrogen and oxygen atoms in total. The van der Waals surface area contributed by atoms with Crippen LogP contribution in [0.25, 0.3) is 21.7 Å². The summed E-state index contributed by atoms with van der Waals surface area (Å²) in [6.45, 7) is 2.10. The minimum absolute atomic E-state index is 0.0501. The quantitative estimate of drug-likeness (QED) is 0.227. The predicted molar refractivity (Wildman–Crippen MR) is 112 cm³/mol. The largest absolute Gasteiger partial charge is 0.494 e. The number of hydrogen-bond donors (Lipinski definition) is 1. The number of nitro benzene ring substituents is 1. The second-order valence-corrected chi connectivity index (χ2v) is 6.47. The van der Waals surface area contributed by atoms with Crippen LogP contribution >= 0.6 is 0 Å². The second kappa shape index (κ2) is 7.67. The van der Waals surface area contributed by atoms with Crippen molar-refractivity contribution in [1.29, 1.82) is 0 Å². The summed E-state index contributed by atoms with van der Waals surface area (Å²) in [5.41, 5.74) is -1.12. The summed E-state index contributed by atoms with van der Waals surface area (Å²) in [7, 11) is 0. The third-order valence-corrected chi connectivity index (χ3v) is 4.61. The van der Waals surface area contributed by atoms with Crippen molar-refractivity contribution in [2.75, 3.05) is 11.9 Å². The van der Waals surface area contributed by atoms with Crippen LogP contribution in [-0.2, 0) is 0 Å². The van der Waals surface area contributed by atoms with E-state index in [1.54, 1.807) is 13.0 Å². The minimum atomic E-state index is -0.830. The average Bonchev–Trinajstić information content (AvgIpc) is 2.74. The fraction of sp³-hybridized carbons (Fsp3) is 0.0909. The fourth-order valence-electron chi connectivity index (χ4n) is 3.24. The van der Waals surface area contributed by atoms with Crippen LogP contribution in [0.4, 0.5) is 11.4 Å². The molecule has 8 heteroatoms. The molecule has 0 atom stereocenters. The van der Waals surface area contributed by atoms with E-state index >= 15 is 0 Å². The van der Waals surface area contributed by atoms with E-state index in [0.717, 1.165) is 10.8 Å². The molecular weight excluding hydrogens is 388 g/mol. The summed E-state index contributed by atoms with van der Waals surface area (Å²) in [4.78, 5) is 35.9. The molecule has 4 aromatic rings. The van der Waals surface area contributed by atoms with Crippen LogP contribution in [0.3, 0.4) is 0 Å². The van der Waals surface area contributed by atoms with E-state index < -0.39 is 16.5 Å². The molecule has 0 saturated carbocycles. The number of carbonyl (C=O) groups is 1. The Hall–Kier alpha value is -4.20. The number of carbonyl (C=O) groups excluding carboxylic acids is 1. The van der Waals surface area contributed by atoms with Crippen molar-refractivity contribution < 1.29 is 18.9 Å². The zero-order valence-corrected chi connectivity index (χ0v) is 15.9. The highest BCUT2D eigenvalue weighted by Gasteiger charge is 2.21. The van der Waals surface area contributed by atoms with Gasteiger partial charge in [0.05, 0.1) is 17.6 Å². The molecule has 1 heterocycles. The van der Waals surface area contributed by atoms with Crippen molar-refractivity contribution in [3.05, 3.63) is 86.8 Å². The number of ether oxygens (including phenoxy) is 1. The first-order valence-electron chi connectivity index (χ1n) is 9.16. The lowest BCUT2D eigenvalue weighted by atomic mass is 10.0. The molecule has 1 amide bonds. The molecule has 150 valence electrons. The van der Waals surface area contributed by atoms with Gasteiger partial charge in [0.15, 0.2) is 0 Å². The number of benzene rings is 3. The lowest BCUT2D eigenvalue weighted by Gasteiger charge is -2.09. The van der Waals surface area contributed by atoms with E-state index in [4.69, 9.17) is 9.15 Å². The van der Waals surface area contributed by atoms with Gasteiger partial charge in [0, 0.05) is 5.39 Å². The fourth-order valence-corrected chi connectivity index (χ4v) is 3.24. The molecule has 1 aromatic heterocycles. The Morgan fingerprint density at radius 3 is 2.67 bits per heavy atom. The maximum atomic E-state index is 12.8. The van der Waals surface area contributed by atoms with Crippen LogP contribution in [-0.4, -0.2) is 17.4 Å². The van der Waals surface area contributed by atoms with E-state index in [1.807, 2.05) is 30.3 Å². The first kappa shape index (κ1) is 19.1. The SMILES string of the molecule is CCOc1ccc(NC(=O)c2cc3c(ccc4ccccc43)oc2=O)c([N+](=O)[O-])c1. The molecule has 3 aromatic carbocycles. The van der Waals surface area contributed by atoms with E-state index in [0.29, 0.717) is 23.3 Å². The highest BCUT2D eigenvalue weighted by Crippen LogP contribution is 2.30. The Bertz CT molecular complexity index is 1360. The smallest absolute Gasteiger partial charge is 0.349 e. The maximum Gasteiger partial charge on any atom is 0.349 e. The highest BCUT2D eigenvalue weighted by molar-refractivity contribution is 6.10. The molecule has 0 spiro atoms. The van der Waals surface area contributed by atoms with Gasteiger partial charge in [-0.05, 0) is 42.0 Å². The molecule has 0 aliphatic heterocycles. The Labute approximate surface area is 169 Å². The zero-order chi connectivity index (χ0) is 21.3. The lowest BCUT2D eigenvalue weighted by Crippen LogP contribution is -2.21. The summed E-state index contributed by atoms with van der Waals surface area (Å²) >= 11 is 0. The molecule has 0 saturated heterocycles.